The Bertz CT molecular complexity index is 399. The molecule has 0 saturated heterocycles. The van der Waals surface area contributed by atoms with Crippen molar-refractivity contribution in [3.05, 3.63) is 16.5 Å². The number of nitrogens with one attached hydrogen (secondary N) is 1. The zero-order valence-corrected chi connectivity index (χ0v) is 8.96. The zero-order chi connectivity index (χ0) is 10.1. The fraction of sp³-hybridized carbons (Fsp3) is 0.250. The monoisotopic (exact) mass is 229 g/mol. The molecule has 1 aliphatic heterocycles. The van der Waals surface area contributed by atoms with E-state index in [2.05, 4.69) is 9.46 Å². The van der Waals surface area contributed by atoms with Crippen LogP contribution >= 0.6 is 23.3 Å². The molecule has 0 spiro atoms. The van der Waals surface area contributed by atoms with Crippen molar-refractivity contribution in [1.82, 2.24) is 4.72 Å². The number of rotatable bonds is 1. The predicted molar refractivity (Wildman–Crippen MR) is 53.8 cm³/mol. The highest BCUT2D eigenvalue weighted by atomic mass is 32.2. The number of hydrogen-bond acceptors (Lipinski definition) is 6. The maximum absolute atomic E-state index is 11.4. The fourth-order valence-electron chi connectivity index (χ4n) is 1.11. The Kier molecular flexibility index (Phi) is 2.58. The van der Waals surface area contributed by atoms with Crippen molar-refractivity contribution in [1.29, 1.82) is 0 Å². The number of esters is 1. The van der Waals surface area contributed by atoms with Crippen LogP contribution in [-0.4, -0.2) is 25.4 Å². The molecule has 0 aliphatic carbocycles. The summed E-state index contributed by atoms with van der Waals surface area (Å²) in [4.78, 5) is 23.0. The molecule has 0 unspecified atom stereocenters. The third kappa shape index (κ3) is 1.56. The molecule has 0 radical (unpaired) electrons. The van der Waals surface area contributed by atoms with Crippen LogP contribution in [0.3, 0.4) is 0 Å². The molecule has 2 heterocycles. The smallest absolute Gasteiger partial charge is 0.348 e. The molecular weight excluding hydrogens is 222 g/mol. The van der Waals surface area contributed by atoms with E-state index in [1.165, 1.54) is 30.4 Å². The summed E-state index contributed by atoms with van der Waals surface area (Å²) in [5, 5.41) is 0. The van der Waals surface area contributed by atoms with Gasteiger partial charge in [-0.1, -0.05) is 0 Å². The Morgan fingerprint density at radius 3 is 3.07 bits per heavy atom. The van der Waals surface area contributed by atoms with Gasteiger partial charge in [0.1, 0.15) is 4.88 Å². The van der Waals surface area contributed by atoms with E-state index in [1.807, 2.05) is 0 Å². The van der Waals surface area contributed by atoms with E-state index < -0.39 is 5.97 Å². The number of ether oxygens (including phenoxy) is 1. The van der Waals surface area contributed by atoms with Crippen LogP contribution in [0.15, 0.2) is 10.3 Å². The van der Waals surface area contributed by atoms with Gasteiger partial charge >= 0.3 is 5.97 Å². The van der Waals surface area contributed by atoms with Gasteiger partial charge in [0, 0.05) is 5.56 Å². The number of hydrogen-bond donors (Lipinski definition) is 1. The van der Waals surface area contributed by atoms with Gasteiger partial charge in [0.2, 0.25) is 0 Å². The molecule has 4 nitrogen and oxygen atoms in total. The summed E-state index contributed by atoms with van der Waals surface area (Å²) < 4.78 is 8.30. The normalized spacial score (nSPS) is 15.1. The van der Waals surface area contributed by atoms with Gasteiger partial charge in [0.25, 0.3) is 0 Å². The lowest BCUT2D eigenvalue weighted by molar-refractivity contribution is 0.0606. The van der Waals surface area contributed by atoms with Gasteiger partial charge in [-0.25, -0.2) is 4.79 Å². The molecular formula is C8H7NO3S2. The molecule has 0 saturated carbocycles. The SMILES string of the molecule is COC(=O)c1cc2c(s1)SNCC2=O. The summed E-state index contributed by atoms with van der Waals surface area (Å²) in [6.07, 6.45) is 0. The minimum atomic E-state index is -0.391. The van der Waals surface area contributed by atoms with Crippen LogP contribution in [0, 0.1) is 0 Å². The molecule has 0 bridgehead atoms. The summed E-state index contributed by atoms with van der Waals surface area (Å²) in [5.41, 5.74) is 0.624. The van der Waals surface area contributed by atoms with E-state index in [0.717, 1.165) is 4.21 Å². The first-order valence-corrected chi connectivity index (χ1v) is 5.50. The number of Topliss-reactive ketones (excluding diaryl/α,β-unsaturated/α-hetero) is 1. The highest BCUT2D eigenvalue weighted by Crippen LogP contribution is 2.33. The van der Waals surface area contributed by atoms with Gasteiger partial charge in [0.15, 0.2) is 5.78 Å². The lowest BCUT2D eigenvalue weighted by Crippen LogP contribution is -2.21. The van der Waals surface area contributed by atoms with Gasteiger partial charge in [-0.05, 0) is 18.0 Å². The number of methoxy groups -OCH3 is 1. The van der Waals surface area contributed by atoms with Crippen molar-refractivity contribution in [3.63, 3.8) is 0 Å². The van der Waals surface area contributed by atoms with E-state index in [0.29, 0.717) is 17.0 Å². The van der Waals surface area contributed by atoms with Crippen molar-refractivity contribution in [3.8, 4) is 0 Å². The van der Waals surface area contributed by atoms with Gasteiger partial charge < -0.3 is 4.74 Å². The maximum atomic E-state index is 11.4. The van der Waals surface area contributed by atoms with Gasteiger partial charge in [-0.15, -0.1) is 11.3 Å². The quantitative estimate of drug-likeness (QED) is 0.581. The molecule has 1 aromatic rings. The van der Waals surface area contributed by atoms with Crippen molar-refractivity contribution in [2.45, 2.75) is 4.21 Å². The number of carbonyl (C=O) groups excluding carboxylic acids is 2. The number of carbonyl (C=O) groups is 2. The molecule has 1 aliphatic rings. The molecule has 0 fully saturated rings. The Morgan fingerprint density at radius 2 is 2.43 bits per heavy atom. The van der Waals surface area contributed by atoms with Crippen molar-refractivity contribution >= 4 is 35.0 Å². The molecule has 0 atom stereocenters. The summed E-state index contributed by atoms with van der Waals surface area (Å²) in [6, 6.07) is 1.60. The first-order valence-electron chi connectivity index (χ1n) is 3.87. The molecule has 2 rings (SSSR count). The summed E-state index contributed by atoms with van der Waals surface area (Å²) in [7, 11) is 1.33. The maximum Gasteiger partial charge on any atom is 0.348 e. The summed E-state index contributed by atoms with van der Waals surface area (Å²) >= 11 is 2.66. The van der Waals surface area contributed by atoms with E-state index in [9.17, 15) is 9.59 Å². The van der Waals surface area contributed by atoms with E-state index >= 15 is 0 Å². The average Bonchev–Trinajstić information content (AvgIpc) is 2.62. The first-order chi connectivity index (χ1) is 6.72. The van der Waals surface area contributed by atoms with Crippen LogP contribution in [0.1, 0.15) is 20.0 Å². The molecule has 0 amide bonds. The lowest BCUT2D eigenvalue weighted by atomic mass is 10.2. The van der Waals surface area contributed by atoms with Gasteiger partial charge in [0.05, 0.1) is 17.9 Å². The van der Waals surface area contributed by atoms with Crippen molar-refractivity contribution < 1.29 is 14.3 Å². The molecule has 0 aromatic carbocycles. The zero-order valence-electron chi connectivity index (χ0n) is 7.33. The number of ketones is 1. The first kappa shape index (κ1) is 9.70. The molecule has 74 valence electrons. The molecule has 1 aromatic heterocycles. The van der Waals surface area contributed by atoms with E-state index in [4.69, 9.17) is 0 Å². The van der Waals surface area contributed by atoms with E-state index in [1.54, 1.807) is 6.07 Å². The lowest BCUT2D eigenvalue weighted by Gasteiger charge is -2.08. The number of fused-ring (bicyclic) bond motifs is 1. The van der Waals surface area contributed by atoms with E-state index in [-0.39, 0.29) is 5.78 Å². The largest absolute Gasteiger partial charge is 0.465 e. The predicted octanol–water partition coefficient (Wildman–Crippen LogP) is 1.33. The van der Waals surface area contributed by atoms with Crippen molar-refractivity contribution in [2.75, 3.05) is 13.7 Å². The fourth-order valence-corrected chi connectivity index (χ4v) is 3.16. The van der Waals surface area contributed by atoms with Crippen LogP contribution in [0.25, 0.3) is 0 Å². The molecule has 6 heteroatoms. The number of thiophene rings is 1. The Balaban J connectivity index is 2.40. The van der Waals surface area contributed by atoms with Crippen LogP contribution < -0.4 is 4.72 Å². The minimum absolute atomic E-state index is 0.0187. The topological polar surface area (TPSA) is 55.4 Å². The highest BCUT2D eigenvalue weighted by Gasteiger charge is 2.23. The average molecular weight is 229 g/mol. The van der Waals surface area contributed by atoms with Gasteiger partial charge in [-0.3, -0.25) is 9.52 Å². The van der Waals surface area contributed by atoms with Crippen LogP contribution in [0.4, 0.5) is 0 Å². The second-order valence-electron chi connectivity index (χ2n) is 2.65. The van der Waals surface area contributed by atoms with Crippen molar-refractivity contribution in [2.24, 2.45) is 0 Å². The van der Waals surface area contributed by atoms with Gasteiger partial charge in [-0.2, -0.15) is 0 Å². The van der Waals surface area contributed by atoms with Crippen LogP contribution in [-0.2, 0) is 4.74 Å². The third-order valence-corrected chi connectivity index (χ3v) is 3.89. The second kappa shape index (κ2) is 3.72. The molecule has 1 N–H and O–H groups in total. The summed E-state index contributed by atoms with van der Waals surface area (Å²) in [5.74, 6) is -0.372. The highest BCUT2D eigenvalue weighted by molar-refractivity contribution is 7.99. The molecule has 14 heavy (non-hydrogen) atoms. The Hall–Kier alpha value is -0.850. The van der Waals surface area contributed by atoms with Crippen LogP contribution in [0.2, 0.25) is 0 Å². The second-order valence-corrected chi connectivity index (χ2v) is 4.86. The summed E-state index contributed by atoms with van der Waals surface area (Å²) in [6.45, 7) is 0.314. The Morgan fingerprint density at radius 1 is 1.64 bits per heavy atom. The minimum Gasteiger partial charge on any atom is -0.465 e. The standard InChI is InChI=1S/C8H7NO3S2/c1-12-7(11)6-2-4-5(10)3-9-14-8(4)13-6/h2,9H,3H2,1H3. The van der Waals surface area contributed by atoms with Crippen LogP contribution in [0.5, 0.6) is 0 Å². The Labute approximate surface area is 88.8 Å². The third-order valence-electron chi connectivity index (χ3n) is 1.78.